The maximum absolute atomic E-state index is 6.21. The molecule has 0 amide bonds. The van der Waals surface area contributed by atoms with E-state index in [1.807, 2.05) is 0 Å². The average Bonchev–Trinajstić information content (AvgIpc) is 3.18. The van der Waals surface area contributed by atoms with Crippen molar-refractivity contribution >= 4 is 5.71 Å². The van der Waals surface area contributed by atoms with Gasteiger partial charge in [0.2, 0.25) is 0 Å². The van der Waals surface area contributed by atoms with E-state index in [0.717, 1.165) is 25.0 Å². The van der Waals surface area contributed by atoms with Crippen LogP contribution in [0.25, 0.3) is 0 Å². The first-order chi connectivity index (χ1) is 14.0. The van der Waals surface area contributed by atoms with E-state index in [1.54, 1.807) is 0 Å². The first-order valence-electron chi connectivity index (χ1n) is 11.4. The van der Waals surface area contributed by atoms with E-state index < -0.39 is 0 Å². The van der Waals surface area contributed by atoms with Gasteiger partial charge in [0.15, 0.2) is 0 Å². The second-order valence-electron chi connectivity index (χ2n) is 10.1. The fraction of sp³-hybridized carbons (Fsp3) is 0.519. The zero-order chi connectivity index (χ0) is 20.3. The van der Waals surface area contributed by atoms with Crippen molar-refractivity contribution in [1.29, 1.82) is 0 Å². The van der Waals surface area contributed by atoms with Gasteiger partial charge >= 0.3 is 0 Å². The molecule has 2 aliphatic rings. The summed E-state index contributed by atoms with van der Waals surface area (Å²) in [5.74, 6) is 0.643. The van der Waals surface area contributed by atoms with E-state index in [0.29, 0.717) is 5.92 Å². The Kier molecular flexibility index (Phi) is 5.81. The molecule has 29 heavy (non-hydrogen) atoms. The van der Waals surface area contributed by atoms with Crippen LogP contribution in [0.4, 0.5) is 0 Å². The molecule has 1 fully saturated rings. The fourth-order valence-corrected chi connectivity index (χ4v) is 4.89. The van der Waals surface area contributed by atoms with Crippen LogP contribution in [-0.2, 0) is 10.3 Å². The molecule has 2 heteroatoms. The maximum Gasteiger partial charge on any atom is 0.143 e. The van der Waals surface area contributed by atoms with E-state index in [4.69, 9.17) is 4.84 Å². The van der Waals surface area contributed by atoms with Gasteiger partial charge < -0.3 is 4.84 Å². The summed E-state index contributed by atoms with van der Waals surface area (Å²) in [5.41, 5.74) is 5.27. The molecule has 2 aromatic rings. The Balaban J connectivity index is 1.47. The van der Waals surface area contributed by atoms with Crippen LogP contribution in [0.3, 0.4) is 0 Å². The first kappa shape index (κ1) is 20.2. The number of nitrogens with zero attached hydrogens (tertiary/aromatic N) is 1. The van der Waals surface area contributed by atoms with E-state index in [2.05, 4.69) is 80.5 Å². The van der Waals surface area contributed by atoms with Crippen LogP contribution >= 0.6 is 0 Å². The molecule has 2 unspecified atom stereocenters. The predicted molar refractivity (Wildman–Crippen MR) is 122 cm³/mol. The van der Waals surface area contributed by atoms with E-state index in [-0.39, 0.29) is 11.0 Å². The molecule has 0 N–H and O–H groups in total. The topological polar surface area (TPSA) is 21.6 Å². The second-order valence-corrected chi connectivity index (χ2v) is 10.1. The maximum atomic E-state index is 6.21. The van der Waals surface area contributed by atoms with Gasteiger partial charge in [-0.05, 0) is 60.1 Å². The molecule has 0 bridgehead atoms. The van der Waals surface area contributed by atoms with Crippen molar-refractivity contribution < 1.29 is 4.84 Å². The standard InChI is InChI=1S/C27H35NO/c1-26(2,3)24-15-13-23(14-16-24)25-20-27(29-28-25)18-9-5-8-12-22(17-19-27)21-10-6-4-7-11-21/h4,6-7,10-11,13-16,22H,5,8-9,12,17-20H2,1-3H3. The Morgan fingerprint density at radius 3 is 2.34 bits per heavy atom. The van der Waals surface area contributed by atoms with Crippen LogP contribution in [-0.4, -0.2) is 11.3 Å². The summed E-state index contributed by atoms with van der Waals surface area (Å²) in [6.45, 7) is 6.77. The number of hydrogen-bond donors (Lipinski definition) is 0. The lowest BCUT2D eigenvalue weighted by atomic mass is 9.82. The third kappa shape index (κ3) is 4.74. The summed E-state index contributed by atoms with van der Waals surface area (Å²) >= 11 is 0. The van der Waals surface area contributed by atoms with Crippen LogP contribution in [0.5, 0.6) is 0 Å². The molecule has 1 aliphatic carbocycles. The van der Waals surface area contributed by atoms with Crippen molar-refractivity contribution in [2.45, 2.75) is 89.1 Å². The number of benzene rings is 2. The predicted octanol–water partition coefficient (Wildman–Crippen LogP) is 7.38. The second kappa shape index (κ2) is 8.34. The molecule has 1 saturated carbocycles. The minimum absolute atomic E-state index is 0.102. The number of oxime groups is 1. The van der Waals surface area contributed by atoms with Gasteiger partial charge in [-0.15, -0.1) is 0 Å². The SMILES string of the molecule is CC(C)(C)c1ccc(C2=NOC3(CCCCCC(c4ccccc4)CC3)C2)cc1. The van der Waals surface area contributed by atoms with Crippen LogP contribution in [0.1, 0.15) is 94.7 Å². The third-order valence-electron chi connectivity index (χ3n) is 6.83. The van der Waals surface area contributed by atoms with Crippen LogP contribution in [0.15, 0.2) is 59.8 Å². The quantitative estimate of drug-likeness (QED) is 0.525. The van der Waals surface area contributed by atoms with Crippen molar-refractivity contribution in [3.63, 3.8) is 0 Å². The zero-order valence-corrected chi connectivity index (χ0v) is 18.3. The lowest BCUT2D eigenvalue weighted by molar-refractivity contribution is -0.0345. The first-order valence-corrected chi connectivity index (χ1v) is 11.4. The third-order valence-corrected chi connectivity index (χ3v) is 6.83. The van der Waals surface area contributed by atoms with Crippen molar-refractivity contribution in [3.8, 4) is 0 Å². The summed E-state index contributed by atoms with van der Waals surface area (Å²) in [6, 6.07) is 20.0. The van der Waals surface area contributed by atoms with Gasteiger partial charge in [0.25, 0.3) is 0 Å². The van der Waals surface area contributed by atoms with Gasteiger partial charge in [-0.2, -0.15) is 0 Å². The Labute approximate surface area is 176 Å². The van der Waals surface area contributed by atoms with Crippen LogP contribution < -0.4 is 0 Å². The van der Waals surface area contributed by atoms with Crippen molar-refractivity contribution in [3.05, 3.63) is 71.3 Å². The lowest BCUT2D eigenvalue weighted by Crippen LogP contribution is -2.29. The summed E-state index contributed by atoms with van der Waals surface area (Å²) < 4.78 is 0. The smallest absolute Gasteiger partial charge is 0.143 e. The fourth-order valence-electron chi connectivity index (χ4n) is 4.89. The largest absolute Gasteiger partial charge is 0.389 e. The molecule has 1 heterocycles. The van der Waals surface area contributed by atoms with E-state index in [9.17, 15) is 0 Å². The summed E-state index contributed by atoms with van der Waals surface area (Å²) in [7, 11) is 0. The highest BCUT2D eigenvalue weighted by molar-refractivity contribution is 6.01. The highest BCUT2D eigenvalue weighted by atomic mass is 16.7. The molecule has 0 saturated heterocycles. The number of rotatable bonds is 2. The van der Waals surface area contributed by atoms with Gasteiger partial charge in [-0.25, -0.2) is 0 Å². The Bertz CT molecular complexity index is 831. The van der Waals surface area contributed by atoms with E-state index >= 15 is 0 Å². The number of hydrogen-bond acceptors (Lipinski definition) is 2. The van der Waals surface area contributed by atoms with Crippen molar-refractivity contribution in [2.24, 2.45) is 5.16 Å². The van der Waals surface area contributed by atoms with Gasteiger partial charge in [-0.1, -0.05) is 93.4 Å². The monoisotopic (exact) mass is 389 g/mol. The summed E-state index contributed by atoms with van der Waals surface area (Å²) in [6.07, 6.45) is 9.51. The minimum atomic E-state index is -0.102. The minimum Gasteiger partial charge on any atom is -0.389 e. The normalized spacial score (nSPS) is 25.6. The molecule has 2 nitrogen and oxygen atoms in total. The highest BCUT2D eigenvalue weighted by Crippen LogP contribution is 2.41. The summed E-state index contributed by atoms with van der Waals surface area (Å²) in [5, 5.41) is 4.59. The molecule has 2 atom stereocenters. The molecule has 4 rings (SSSR count). The van der Waals surface area contributed by atoms with E-state index in [1.165, 1.54) is 48.8 Å². The van der Waals surface area contributed by atoms with Gasteiger partial charge in [-0.3, -0.25) is 0 Å². The molecule has 0 aromatic heterocycles. The van der Waals surface area contributed by atoms with Gasteiger partial charge in [0.05, 0.1) is 5.71 Å². The molecule has 1 aliphatic heterocycles. The molecule has 1 spiro atoms. The Hall–Kier alpha value is -2.09. The molecular weight excluding hydrogens is 354 g/mol. The molecular formula is C27H35NO. The lowest BCUT2D eigenvalue weighted by Gasteiger charge is -2.27. The van der Waals surface area contributed by atoms with Crippen LogP contribution in [0.2, 0.25) is 0 Å². The Morgan fingerprint density at radius 1 is 0.862 bits per heavy atom. The van der Waals surface area contributed by atoms with Crippen molar-refractivity contribution in [2.75, 3.05) is 0 Å². The van der Waals surface area contributed by atoms with Crippen LogP contribution in [0, 0.1) is 0 Å². The molecule has 154 valence electrons. The van der Waals surface area contributed by atoms with Crippen molar-refractivity contribution in [1.82, 2.24) is 0 Å². The molecule has 2 aromatic carbocycles. The van der Waals surface area contributed by atoms with Gasteiger partial charge in [0.1, 0.15) is 5.60 Å². The average molecular weight is 390 g/mol. The summed E-state index contributed by atoms with van der Waals surface area (Å²) in [4.78, 5) is 6.21. The zero-order valence-electron chi connectivity index (χ0n) is 18.3. The Morgan fingerprint density at radius 2 is 1.62 bits per heavy atom. The van der Waals surface area contributed by atoms with Gasteiger partial charge in [0, 0.05) is 6.42 Å². The highest BCUT2D eigenvalue weighted by Gasteiger charge is 2.40. The molecule has 0 radical (unpaired) electrons.